The number of β-amino-alcohol motifs (C(OH)–C–C–N with tert-alkyl or cyclic N) is 1. The summed E-state index contributed by atoms with van der Waals surface area (Å²) in [5.74, 6) is 0.0861. The van der Waals surface area contributed by atoms with E-state index in [-0.39, 0.29) is 55.9 Å². The Bertz CT molecular complexity index is 2400. The van der Waals surface area contributed by atoms with Crippen molar-refractivity contribution in [2.24, 2.45) is 21.2 Å². The molecule has 0 unspecified atom stereocenters. The van der Waals surface area contributed by atoms with Crippen LogP contribution in [0.4, 0.5) is 0 Å². The lowest BCUT2D eigenvalue weighted by Crippen LogP contribution is -2.74. The lowest BCUT2D eigenvalue weighted by atomic mass is 9.49. The van der Waals surface area contributed by atoms with Crippen molar-refractivity contribution in [2.45, 2.75) is 144 Å². The number of likely N-dealkylation sites (tertiary alicyclic amines) is 1. The summed E-state index contributed by atoms with van der Waals surface area (Å²) in [7, 11) is 0. The highest BCUT2D eigenvalue weighted by atomic mass is 35.5. The molecular formula is C54H68ClN5O8. The minimum Gasteiger partial charge on any atom is -0.491 e. The quantitative estimate of drug-likeness (QED) is 0.0935. The van der Waals surface area contributed by atoms with Crippen molar-refractivity contribution in [3.05, 3.63) is 99.7 Å². The maximum atomic E-state index is 14.0. The third kappa shape index (κ3) is 12.4. The maximum absolute atomic E-state index is 14.0. The fourth-order valence-corrected chi connectivity index (χ4v) is 10.3. The number of amides is 3. The first kappa shape index (κ1) is 51.8. The molecule has 68 heavy (non-hydrogen) atoms. The van der Waals surface area contributed by atoms with Crippen molar-refractivity contribution in [2.75, 3.05) is 19.8 Å². The van der Waals surface area contributed by atoms with E-state index in [0.29, 0.717) is 47.1 Å². The molecule has 3 aromatic carbocycles. The monoisotopic (exact) mass is 949 g/mol. The summed E-state index contributed by atoms with van der Waals surface area (Å²) in [6.45, 7) is 17.9. The van der Waals surface area contributed by atoms with Gasteiger partial charge in [0.2, 0.25) is 11.8 Å². The van der Waals surface area contributed by atoms with Gasteiger partial charge in [-0.1, -0.05) is 84.3 Å². The first-order valence-corrected chi connectivity index (χ1v) is 24.1. The van der Waals surface area contributed by atoms with E-state index in [1.54, 1.807) is 42.5 Å². The van der Waals surface area contributed by atoms with Crippen molar-refractivity contribution < 1.29 is 38.5 Å². The molecule has 13 nitrogen and oxygen atoms in total. The Balaban J connectivity index is 0.892. The Kier molecular flexibility index (Phi) is 16.6. The number of benzene rings is 3. The van der Waals surface area contributed by atoms with E-state index in [2.05, 4.69) is 61.5 Å². The molecule has 0 spiro atoms. The van der Waals surface area contributed by atoms with Gasteiger partial charge in [0.05, 0.1) is 28.8 Å². The van der Waals surface area contributed by atoms with Crippen LogP contribution >= 0.6 is 11.6 Å². The number of rotatable bonds is 20. The first-order valence-electron chi connectivity index (χ1n) is 23.7. The van der Waals surface area contributed by atoms with Crippen LogP contribution in [0.1, 0.15) is 128 Å². The van der Waals surface area contributed by atoms with Gasteiger partial charge in [0.25, 0.3) is 5.91 Å². The molecule has 4 atom stereocenters. The van der Waals surface area contributed by atoms with Gasteiger partial charge in [-0.05, 0) is 98.0 Å². The molecule has 2 fully saturated rings. The van der Waals surface area contributed by atoms with E-state index >= 15 is 0 Å². The molecule has 2 aliphatic heterocycles. The molecule has 2 heterocycles. The predicted molar refractivity (Wildman–Crippen MR) is 264 cm³/mol. The lowest BCUT2D eigenvalue weighted by Gasteiger charge is -2.63. The molecule has 6 rings (SSSR count). The lowest BCUT2D eigenvalue weighted by molar-refractivity contribution is -0.164. The van der Waals surface area contributed by atoms with E-state index in [9.17, 15) is 29.5 Å². The highest BCUT2D eigenvalue weighted by Gasteiger charge is 2.64. The number of aryl methyl sites for hydroxylation is 1. The summed E-state index contributed by atoms with van der Waals surface area (Å²) in [5.41, 5.74) is 3.78. The molecule has 1 aliphatic carbocycles. The van der Waals surface area contributed by atoms with Crippen molar-refractivity contribution >= 4 is 46.9 Å². The van der Waals surface area contributed by atoms with Gasteiger partial charge >= 0.3 is 0 Å². The summed E-state index contributed by atoms with van der Waals surface area (Å²) in [4.78, 5) is 59.9. The molecule has 0 aromatic heterocycles. The van der Waals surface area contributed by atoms with Crippen LogP contribution < -0.4 is 20.1 Å². The number of hydrogen-bond acceptors (Lipinski definition) is 10. The molecule has 364 valence electrons. The molecule has 3 aliphatic rings. The van der Waals surface area contributed by atoms with Crippen LogP contribution in [0.5, 0.6) is 11.5 Å². The third-order valence-corrected chi connectivity index (χ3v) is 13.9. The SMILES string of the molecule is CC1=C(c2ccc(CCC(=O)[C@@H]3C[C@@H](O)CN3C(=O)[C@@H](NC(=O)COCCCC[C@@H](C)Oc3ccc(C(=O)NC4C(C)(C)C(Oc5ccc(C#N)c(Cl)c5)C4(C)C)cc3)C(C)(C)C)cc2)CC=N1. The van der Waals surface area contributed by atoms with Gasteiger partial charge in [-0.25, -0.2) is 0 Å². The second-order valence-corrected chi connectivity index (χ2v) is 21.2. The highest BCUT2D eigenvalue weighted by Crippen LogP contribution is 2.55. The van der Waals surface area contributed by atoms with E-state index in [1.165, 1.54) is 10.5 Å². The number of nitriles is 1. The van der Waals surface area contributed by atoms with Crippen molar-refractivity contribution in [3.8, 4) is 17.6 Å². The largest absolute Gasteiger partial charge is 0.491 e. The van der Waals surface area contributed by atoms with Crippen LogP contribution in [0.15, 0.2) is 77.4 Å². The second-order valence-electron chi connectivity index (χ2n) is 20.8. The number of nitrogens with zero attached hydrogens (tertiary/aromatic N) is 3. The average molecular weight is 951 g/mol. The highest BCUT2D eigenvalue weighted by molar-refractivity contribution is 6.31. The number of allylic oxidation sites excluding steroid dienone is 2. The van der Waals surface area contributed by atoms with Gasteiger partial charge in [0.1, 0.15) is 36.3 Å². The topological polar surface area (TPSA) is 180 Å². The molecule has 14 heteroatoms. The van der Waals surface area contributed by atoms with Crippen LogP contribution in [0.2, 0.25) is 5.02 Å². The minimum absolute atomic E-state index is 0.0277. The summed E-state index contributed by atoms with van der Waals surface area (Å²) in [6.07, 6.45) is 4.68. The van der Waals surface area contributed by atoms with Crippen LogP contribution in [-0.2, 0) is 25.5 Å². The van der Waals surface area contributed by atoms with Crippen molar-refractivity contribution in [1.29, 1.82) is 5.26 Å². The molecular weight excluding hydrogens is 882 g/mol. The van der Waals surface area contributed by atoms with Crippen molar-refractivity contribution in [3.63, 3.8) is 0 Å². The predicted octanol–water partition coefficient (Wildman–Crippen LogP) is 8.68. The minimum atomic E-state index is -0.928. The molecule has 3 aromatic rings. The van der Waals surface area contributed by atoms with Crippen LogP contribution in [0.3, 0.4) is 0 Å². The van der Waals surface area contributed by atoms with Crippen LogP contribution in [0.25, 0.3) is 5.57 Å². The Labute approximate surface area is 406 Å². The number of aliphatic hydroxyl groups excluding tert-OH is 1. The standard InChI is InChI=1S/C54H68ClN5O8/c1-33(67-40-21-18-37(19-22-40)48(64)59-50-53(6,7)51(54(50,8)9)68-41-23-20-38(30-56)43(55)29-41)12-10-11-27-66-32-46(63)58-47(52(3,4)5)49(65)60-31-39(61)28-44(60)45(62)24-15-35-13-16-36(17-14-35)42-25-26-57-34(42)2/h13-14,16-23,26,29,33,39,44,47,50-51,61H,10-12,15,24-25,27-28,31-32H2,1-9H3,(H,58,63)(H,59,64)/t33-,39-,44+,47-,50?,51?/m1/s1. The molecule has 1 saturated heterocycles. The molecule has 0 bridgehead atoms. The number of hydrogen-bond donors (Lipinski definition) is 3. The third-order valence-electron chi connectivity index (χ3n) is 13.6. The fraction of sp³-hybridized carbons (Fsp3) is 0.519. The van der Waals surface area contributed by atoms with Gasteiger partial charge in [0.15, 0.2) is 5.78 Å². The van der Waals surface area contributed by atoms with Gasteiger partial charge in [0, 0.05) is 72.8 Å². The summed E-state index contributed by atoms with van der Waals surface area (Å²) < 4.78 is 18.2. The van der Waals surface area contributed by atoms with Crippen LogP contribution in [-0.4, -0.2) is 95.9 Å². The Hall–Kier alpha value is -5.55. The molecule has 3 amide bonds. The number of halogens is 1. The zero-order valence-electron chi connectivity index (χ0n) is 41.0. The number of carbonyl (C=O) groups excluding carboxylic acids is 4. The summed E-state index contributed by atoms with van der Waals surface area (Å²) in [5, 5.41) is 26.2. The summed E-state index contributed by atoms with van der Waals surface area (Å²) in [6, 6.07) is 20.4. The first-order chi connectivity index (χ1) is 32.1. The normalized spacial score (nSPS) is 21.4. The van der Waals surface area contributed by atoms with Gasteiger partial charge in [-0.15, -0.1) is 0 Å². The Morgan fingerprint density at radius 3 is 2.28 bits per heavy atom. The molecule has 0 radical (unpaired) electrons. The van der Waals surface area contributed by atoms with E-state index in [0.717, 1.165) is 36.1 Å². The fourth-order valence-electron chi connectivity index (χ4n) is 10.1. The number of aliphatic imine (C=N–C) groups is 1. The number of Topliss-reactive ketones (excluding diaryl/α,β-unsaturated/α-hetero) is 1. The van der Waals surface area contributed by atoms with Crippen molar-refractivity contribution in [1.82, 2.24) is 15.5 Å². The van der Waals surface area contributed by atoms with Gasteiger partial charge in [-0.3, -0.25) is 24.2 Å². The summed E-state index contributed by atoms with van der Waals surface area (Å²) >= 11 is 6.24. The number of ether oxygens (including phenoxy) is 3. The molecule has 1 saturated carbocycles. The smallest absolute Gasteiger partial charge is 0.251 e. The van der Waals surface area contributed by atoms with E-state index in [1.807, 2.05) is 53.0 Å². The number of nitrogens with one attached hydrogen (secondary N) is 2. The molecule has 3 N–H and O–H groups in total. The van der Waals surface area contributed by atoms with E-state index in [4.69, 9.17) is 25.8 Å². The zero-order chi connectivity index (χ0) is 49.6. The Morgan fingerprint density at radius 1 is 0.985 bits per heavy atom. The Morgan fingerprint density at radius 2 is 1.66 bits per heavy atom. The van der Waals surface area contributed by atoms with Gasteiger partial charge < -0.3 is 34.9 Å². The van der Waals surface area contributed by atoms with Crippen LogP contribution in [0, 0.1) is 27.6 Å². The number of aliphatic hydroxyl groups is 1. The number of unbranched alkanes of at least 4 members (excludes halogenated alkanes) is 1. The van der Waals surface area contributed by atoms with E-state index < -0.39 is 46.2 Å². The maximum Gasteiger partial charge on any atom is 0.251 e. The average Bonchev–Trinajstić information content (AvgIpc) is 3.91. The second kappa shape index (κ2) is 21.8. The number of carbonyl (C=O) groups is 4. The zero-order valence-corrected chi connectivity index (χ0v) is 41.7. The van der Waals surface area contributed by atoms with Gasteiger partial charge in [-0.2, -0.15) is 5.26 Å². The number of ketones is 1.